The van der Waals surface area contributed by atoms with Crippen molar-refractivity contribution in [1.82, 2.24) is 10.0 Å². The van der Waals surface area contributed by atoms with E-state index in [-0.39, 0.29) is 27.5 Å². The summed E-state index contributed by atoms with van der Waals surface area (Å²) in [6, 6.07) is 16.0. The normalized spacial score (nSPS) is 17.9. The standard InChI is InChI=1S/C31H23Cl3N2O6/c1-17-2-12-23-25(14-17)30(40)36(29(23)39)35(28(38)19-3-7-20(32)8-4-19)16-27(37)18-5-10-22(11-6-18)42-31(41)24-13-9-21(33)15-26(24)34/h2-11,13,15,23,25H,12,14,16H2,1H3/t23-,25-/m0/s1. The van der Waals surface area contributed by atoms with Gasteiger partial charge in [0.25, 0.3) is 17.7 Å². The fraction of sp³-hybridized carbons (Fsp3) is 0.194. The average Bonchev–Trinajstić information content (AvgIpc) is 3.20. The van der Waals surface area contributed by atoms with Crippen LogP contribution in [0.15, 0.2) is 78.4 Å². The summed E-state index contributed by atoms with van der Waals surface area (Å²) in [5, 5.41) is 2.62. The van der Waals surface area contributed by atoms with E-state index in [1.54, 1.807) is 0 Å². The maximum absolute atomic E-state index is 13.6. The van der Waals surface area contributed by atoms with Crippen LogP contribution in [0.4, 0.5) is 0 Å². The Labute approximate surface area is 256 Å². The maximum Gasteiger partial charge on any atom is 0.345 e. The Hall–Kier alpha value is -3.98. The van der Waals surface area contributed by atoms with E-state index in [9.17, 15) is 24.0 Å². The van der Waals surface area contributed by atoms with E-state index in [4.69, 9.17) is 39.5 Å². The summed E-state index contributed by atoms with van der Waals surface area (Å²) < 4.78 is 5.36. The number of fused-ring (bicyclic) bond motifs is 1. The van der Waals surface area contributed by atoms with Crippen LogP contribution in [-0.2, 0) is 9.59 Å². The summed E-state index contributed by atoms with van der Waals surface area (Å²) in [6.07, 6.45) is 2.71. The fourth-order valence-electron chi connectivity index (χ4n) is 4.99. The molecule has 1 fully saturated rings. The second kappa shape index (κ2) is 12.1. The number of rotatable bonds is 7. The van der Waals surface area contributed by atoms with E-state index in [0.29, 0.717) is 22.9 Å². The van der Waals surface area contributed by atoms with Gasteiger partial charge < -0.3 is 4.74 Å². The van der Waals surface area contributed by atoms with Gasteiger partial charge in [0.1, 0.15) is 12.3 Å². The van der Waals surface area contributed by atoms with Crippen LogP contribution in [0.2, 0.25) is 15.1 Å². The number of carbonyl (C=O) groups is 5. The third kappa shape index (κ3) is 5.97. The molecule has 0 aromatic heterocycles. The van der Waals surface area contributed by atoms with E-state index < -0.39 is 47.9 Å². The molecule has 2 aliphatic rings. The van der Waals surface area contributed by atoms with E-state index >= 15 is 0 Å². The highest BCUT2D eigenvalue weighted by Gasteiger charge is 2.51. The molecule has 0 spiro atoms. The largest absolute Gasteiger partial charge is 0.423 e. The lowest BCUT2D eigenvalue weighted by atomic mass is 9.82. The smallest absolute Gasteiger partial charge is 0.345 e. The molecule has 3 amide bonds. The van der Waals surface area contributed by atoms with Gasteiger partial charge >= 0.3 is 5.97 Å². The van der Waals surface area contributed by atoms with Gasteiger partial charge in [-0.25, -0.2) is 9.80 Å². The molecule has 1 heterocycles. The van der Waals surface area contributed by atoms with E-state index in [1.807, 2.05) is 13.0 Å². The Morgan fingerprint density at radius 1 is 0.857 bits per heavy atom. The monoisotopic (exact) mass is 624 g/mol. The van der Waals surface area contributed by atoms with E-state index in [1.165, 1.54) is 66.7 Å². The first kappa shape index (κ1) is 29.5. The molecule has 42 heavy (non-hydrogen) atoms. The summed E-state index contributed by atoms with van der Waals surface area (Å²) in [5.74, 6) is -4.04. The number of allylic oxidation sites excluding steroid dienone is 2. The van der Waals surface area contributed by atoms with Crippen LogP contribution in [0, 0.1) is 11.8 Å². The maximum atomic E-state index is 13.6. The van der Waals surface area contributed by atoms with Crippen LogP contribution in [-0.4, -0.2) is 46.0 Å². The fourth-order valence-corrected chi connectivity index (χ4v) is 5.60. The van der Waals surface area contributed by atoms with Crippen molar-refractivity contribution in [3.8, 4) is 5.75 Å². The number of nitrogens with zero attached hydrogens (tertiary/aromatic N) is 2. The molecule has 5 rings (SSSR count). The Balaban J connectivity index is 1.37. The number of hydrogen-bond acceptors (Lipinski definition) is 6. The molecule has 8 nitrogen and oxygen atoms in total. The molecule has 3 aromatic carbocycles. The summed E-state index contributed by atoms with van der Waals surface area (Å²) in [6.45, 7) is 1.31. The number of ether oxygens (including phenoxy) is 1. The number of benzene rings is 3. The minimum atomic E-state index is -0.715. The third-order valence-corrected chi connectivity index (χ3v) is 8.00. The van der Waals surface area contributed by atoms with Gasteiger partial charge in [-0.1, -0.05) is 46.5 Å². The van der Waals surface area contributed by atoms with Gasteiger partial charge in [-0.3, -0.25) is 19.2 Å². The quantitative estimate of drug-likeness (QED) is 0.0984. The van der Waals surface area contributed by atoms with Crippen LogP contribution < -0.4 is 4.74 Å². The molecule has 0 radical (unpaired) electrons. The third-order valence-electron chi connectivity index (χ3n) is 7.20. The van der Waals surface area contributed by atoms with Crippen molar-refractivity contribution in [3.63, 3.8) is 0 Å². The second-order valence-electron chi connectivity index (χ2n) is 10.0. The minimum absolute atomic E-state index is 0.114. The molecular weight excluding hydrogens is 603 g/mol. The van der Waals surface area contributed by atoms with Crippen LogP contribution in [0.25, 0.3) is 0 Å². The highest BCUT2D eigenvalue weighted by atomic mass is 35.5. The number of esters is 1. The number of hydrazine groups is 1. The highest BCUT2D eigenvalue weighted by Crippen LogP contribution is 2.38. The van der Waals surface area contributed by atoms with Crippen LogP contribution >= 0.6 is 34.8 Å². The molecule has 1 aliphatic heterocycles. The van der Waals surface area contributed by atoms with Gasteiger partial charge in [-0.15, -0.1) is 0 Å². The zero-order valence-corrected chi connectivity index (χ0v) is 24.4. The lowest BCUT2D eigenvalue weighted by molar-refractivity contribution is -0.154. The Kier molecular flexibility index (Phi) is 8.50. The summed E-state index contributed by atoms with van der Waals surface area (Å²) in [7, 11) is 0. The van der Waals surface area contributed by atoms with Gasteiger partial charge in [0, 0.05) is 21.2 Å². The SMILES string of the molecule is CC1=CC[C@@H]2C(=O)N(N(CC(=O)c3ccc(OC(=O)c4ccc(Cl)cc4Cl)cc3)C(=O)c3ccc(Cl)cc3)C(=O)[C@H]2C1. The van der Waals surface area contributed by atoms with Crippen LogP contribution in [0.3, 0.4) is 0 Å². The zero-order valence-electron chi connectivity index (χ0n) is 22.2. The minimum Gasteiger partial charge on any atom is -0.423 e. The second-order valence-corrected chi connectivity index (χ2v) is 11.3. The number of amides is 3. The van der Waals surface area contributed by atoms with Gasteiger partial charge in [0.05, 0.1) is 22.4 Å². The molecule has 3 aromatic rings. The van der Waals surface area contributed by atoms with Crippen molar-refractivity contribution in [2.24, 2.45) is 11.8 Å². The predicted molar refractivity (Wildman–Crippen MR) is 157 cm³/mol. The molecule has 1 saturated heterocycles. The number of halogens is 3. The molecule has 1 aliphatic carbocycles. The zero-order chi connectivity index (χ0) is 30.1. The van der Waals surface area contributed by atoms with Crippen molar-refractivity contribution >= 4 is 64.3 Å². The number of ketones is 1. The number of Topliss-reactive ketones (excluding diaryl/α,β-unsaturated/α-hetero) is 1. The first-order valence-electron chi connectivity index (χ1n) is 12.9. The highest BCUT2D eigenvalue weighted by molar-refractivity contribution is 6.36. The summed E-state index contributed by atoms with van der Waals surface area (Å²) in [4.78, 5) is 66.4. The van der Waals surface area contributed by atoms with Crippen molar-refractivity contribution < 1.29 is 28.7 Å². The summed E-state index contributed by atoms with van der Waals surface area (Å²) >= 11 is 17.9. The molecular formula is C31H23Cl3N2O6. The predicted octanol–water partition coefficient (Wildman–Crippen LogP) is 6.45. The van der Waals surface area contributed by atoms with E-state index in [2.05, 4.69) is 0 Å². The van der Waals surface area contributed by atoms with Crippen molar-refractivity contribution in [1.29, 1.82) is 0 Å². The topological polar surface area (TPSA) is 101 Å². The number of hydrogen-bond donors (Lipinski definition) is 0. The average molecular weight is 626 g/mol. The Morgan fingerprint density at radius 2 is 1.48 bits per heavy atom. The Bertz CT molecular complexity index is 1640. The van der Waals surface area contributed by atoms with Gasteiger partial charge in [0.15, 0.2) is 5.78 Å². The molecule has 214 valence electrons. The number of carbonyl (C=O) groups excluding carboxylic acids is 5. The molecule has 2 atom stereocenters. The lowest BCUT2D eigenvalue weighted by Crippen LogP contribution is -2.52. The molecule has 0 bridgehead atoms. The van der Waals surface area contributed by atoms with Crippen molar-refractivity contribution in [2.75, 3.05) is 6.54 Å². The van der Waals surface area contributed by atoms with Gasteiger partial charge in [0.2, 0.25) is 0 Å². The van der Waals surface area contributed by atoms with Crippen molar-refractivity contribution in [3.05, 3.63) is 110 Å². The first-order chi connectivity index (χ1) is 20.0. The van der Waals surface area contributed by atoms with Crippen LogP contribution in [0.5, 0.6) is 5.75 Å². The van der Waals surface area contributed by atoms with Crippen molar-refractivity contribution in [2.45, 2.75) is 19.8 Å². The van der Waals surface area contributed by atoms with E-state index in [0.717, 1.165) is 15.6 Å². The Morgan fingerprint density at radius 3 is 2.14 bits per heavy atom. The molecule has 0 unspecified atom stereocenters. The van der Waals surface area contributed by atoms with Gasteiger partial charge in [-0.2, -0.15) is 5.01 Å². The first-order valence-corrected chi connectivity index (χ1v) is 14.1. The lowest BCUT2D eigenvalue weighted by Gasteiger charge is -2.30. The molecule has 11 heteroatoms. The number of imide groups is 1. The molecule has 0 N–H and O–H groups in total. The molecule has 0 saturated carbocycles. The van der Waals surface area contributed by atoms with Gasteiger partial charge in [-0.05, 0) is 86.5 Å². The van der Waals surface area contributed by atoms with Crippen LogP contribution in [0.1, 0.15) is 50.8 Å². The summed E-state index contributed by atoms with van der Waals surface area (Å²) in [5.41, 5.74) is 1.43.